The number of carbonyl (C=O) groups excluding carboxylic acids is 1. The van der Waals surface area contributed by atoms with Gasteiger partial charge in [-0.05, 0) is 57.9 Å². The maximum atomic E-state index is 12.8. The van der Waals surface area contributed by atoms with Crippen LogP contribution in [0.2, 0.25) is 0 Å². The summed E-state index contributed by atoms with van der Waals surface area (Å²) in [5.41, 5.74) is 0.261. The van der Waals surface area contributed by atoms with Crippen LogP contribution < -0.4 is 14.8 Å². The molecule has 0 aliphatic heterocycles. The van der Waals surface area contributed by atoms with Crippen LogP contribution in [0.5, 0.6) is 23.1 Å². The molecule has 0 spiro atoms. The highest BCUT2D eigenvalue weighted by Crippen LogP contribution is 2.34. The molecular weight excluding hydrogens is 466 g/mol. The van der Waals surface area contributed by atoms with E-state index in [2.05, 4.69) is 15.3 Å². The van der Waals surface area contributed by atoms with Gasteiger partial charge >= 0.3 is 0 Å². The summed E-state index contributed by atoms with van der Waals surface area (Å²) >= 11 is 1.16. The molecule has 9 nitrogen and oxygen atoms in total. The first-order chi connectivity index (χ1) is 15.6. The third kappa shape index (κ3) is 5.42. The van der Waals surface area contributed by atoms with Gasteiger partial charge in [-0.25, -0.2) is 13.4 Å². The van der Waals surface area contributed by atoms with E-state index in [4.69, 9.17) is 9.47 Å². The fraction of sp³-hybridized carbons (Fsp3) is 0.318. The van der Waals surface area contributed by atoms with Crippen LogP contribution in [0.15, 0.2) is 41.6 Å². The number of carbonyl (C=O) groups is 1. The fourth-order valence-electron chi connectivity index (χ4n) is 2.99. The first-order valence-corrected chi connectivity index (χ1v) is 12.7. The number of aromatic nitrogens is 2. The second-order valence-electron chi connectivity index (χ2n) is 7.89. The van der Waals surface area contributed by atoms with E-state index < -0.39 is 15.7 Å². The first kappa shape index (κ1) is 23.0. The molecule has 1 fully saturated rings. The minimum Gasteiger partial charge on any atom is -0.492 e. The molecule has 0 atom stereocenters. The largest absolute Gasteiger partial charge is 0.492 e. The Kier molecular flexibility index (Phi) is 6.26. The normalized spacial score (nSPS) is 13.7. The predicted molar refractivity (Wildman–Crippen MR) is 123 cm³/mol. The highest BCUT2D eigenvalue weighted by Gasteiger charge is 2.37. The SMILES string of the molecule is Cc1sc(NC(=O)c2cc(Oc3ccc(S(=O)(=O)C4CC4)nc3)cc(OC(C)C)c2)nc1O. The van der Waals surface area contributed by atoms with Crippen LogP contribution in [-0.4, -0.2) is 40.8 Å². The Labute approximate surface area is 195 Å². The highest BCUT2D eigenvalue weighted by molar-refractivity contribution is 7.92. The Morgan fingerprint density at radius 1 is 1.18 bits per heavy atom. The molecule has 1 aliphatic carbocycles. The van der Waals surface area contributed by atoms with Crippen LogP contribution in [0.25, 0.3) is 0 Å². The third-order valence-electron chi connectivity index (χ3n) is 4.71. The molecule has 33 heavy (non-hydrogen) atoms. The number of aromatic hydroxyl groups is 1. The zero-order valence-electron chi connectivity index (χ0n) is 18.2. The number of amides is 1. The number of rotatable bonds is 8. The summed E-state index contributed by atoms with van der Waals surface area (Å²) in [6.07, 6.45) is 2.53. The monoisotopic (exact) mass is 489 g/mol. The maximum Gasteiger partial charge on any atom is 0.257 e. The van der Waals surface area contributed by atoms with Gasteiger partial charge < -0.3 is 14.6 Å². The van der Waals surface area contributed by atoms with E-state index in [0.29, 0.717) is 35.0 Å². The smallest absolute Gasteiger partial charge is 0.257 e. The van der Waals surface area contributed by atoms with Gasteiger partial charge in [0.15, 0.2) is 20.0 Å². The van der Waals surface area contributed by atoms with Crippen LogP contribution in [0.3, 0.4) is 0 Å². The van der Waals surface area contributed by atoms with Gasteiger partial charge in [-0.3, -0.25) is 10.1 Å². The molecule has 1 aromatic carbocycles. The Balaban J connectivity index is 1.57. The van der Waals surface area contributed by atoms with Crippen LogP contribution >= 0.6 is 11.3 Å². The van der Waals surface area contributed by atoms with Crippen molar-refractivity contribution >= 4 is 32.2 Å². The number of benzene rings is 1. The summed E-state index contributed by atoms with van der Waals surface area (Å²) in [7, 11) is -3.39. The molecule has 0 bridgehead atoms. The van der Waals surface area contributed by atoms with Crippen LogP contribution in [0, 0.1) is 6.92 Å². The molecule has 0 saturated heterocycles. The molecule has 2 aromatic heterocycles. The predicted octanol–water partition coefficient (Wildman–Crippen LogP) is 4.32. The van der Waals surface area contributed by atoms with Gasteiger partial charge in [0.05, 0.1) is 22.4 Å². The van der Waals surface area contributed by atoms with Gasteiger partial charge in [0.1, 0.15) is 17.2 Å². The molecule has 4 rings (SSSR count). The molecular formula is C22H23N3O6S2. The van der Waals surface area contributed by atoms with Gasteiger partial charge in [0.2, 0.25) is 5.88 Å². The van der Waals surface area contributed by atoms with Crippen molar-refractivity contribution in [2.24, 2.45) is 0 Å². The Morgan fingerprint density at radius 2 is 1.91 bits per heavy atom. The van der Waals surface area contributed by atoms with E-state index in [0.717, 1.165) is 11.3 Å². The molecule has 3 aromatic rings. The molecule has 11 heteroatoms. The number of sulfone groups is 1. The van der Waals surface area contributed by atoms with E-state index in [1.54, 1.807) is 19.1 Å². The number of hydrogen-bond acceptors (Lipinski definition) is 9. The van der Waals surface area contributed by atoms with Crippen molar-refractivity contribution in [3.63, 3.8) is 0 Å². The van der Waals surface area contributed by atoms with Gasteiger partial charge in [0.25, 0.3) is 5.91 Å². The standard InChI is InChI=1S/C22H23N3O6S2/c1-12(2)30-16-8-14(21(27)25-22-24-20(26)13(3)32-22)9-17(10-16)31-15-4-7-19(23-11-15)33(28,29)18-5-6-18/h4,7-12,18,26H,5-6H2,1-3H3,(H,24,25,27). The molecule has 0 radical (unpaired) electrons. The molecule has 1 saturated carbocycles. The van der Waals surface area contributed by atoms with Crippen molar-refractivity contribution in [1.29, 1.82) is 0 Å². The van der Waals surface area contributed by atoms with Crippen molar-refractivity contribution in [2.45, 2.75) is 50.0 Å². The maximum absolute atomic E-state index is 12.8. The second kappa shape index (κ2) is 8.99. The lowest BCUT2D eigenvalue weighted by molar-refractivity contribution is 0.102. The summed E-state index contributed by atoms with van der Waals surface area (Å²) in [5.74, 6) is 0.476. The second-order valence-corrected chi connectivity index (χ2v) is 11.3. The zero-order valence-corrected chi connectivity index (χ0v) is 19.9. The summed E-state index contributed by atoms with van der Waals surface area (Å²) in [6, 6.07) is 7.68. The Bertz CT molecular complexity index is 1260. The Morgan fingerprint density at radius 3 is 2.48 bits per heavy atom. The van der Waals surface area contributed by atoms with Crippen LogP contribution in [-0.2, 0) is 9.84 Å². The van der Waals surface area contributed by atoms with E-state index in [-0.39, 0.29) is 33.0 Å². The van der Waals surface area contributed by atoms with Crippen molar-refractivity contribution in [3.05, 3.63) is 47.0 Å². The van der Waals surface area contributed by atoms with Gasteiger partial charge in [-0.1, -0.05) is 11.3 Å². The number of ether oxygens (including phenoxy) is 2. The lowest BCUT2D eigenvalue weighted by Crippen LogP contribution is -2.13. The number of thiazole rings is 1. The molecule has 1 amide bonds. The summed E-state index contributed by atoms with van der Waals surface area (Å²) in [4.78, 5) is 21.3. The third-order valence-corrected chi connectivity index (χ3v) is 7.76. The average Bonchev–Trinajstić information content (AvgIpc) is 3.55. The number of aryl methyl sites for hydroxylation is 1. The fourth-order valence-corrected chi connectivity index (χ4v) is 5.25. The lowest BCUT2D eigenvalue weighted by atomic mass is 10.2. The van der Waals surface area contributed by atoms with Gasteiger partial charge in [-0.15, -0.1) is 0 Å². The molecule has 1 aliphatic rings. The summed E-state index contributed by atoms with van der Waals surface area (Å²) in [5, 5.41) is 12.2. The van der Waals surface area contributed by atoms with E-state index in [9.17, 15) is 18.3 Å². The molecule has 2 heterocycles. The number of nitrogens with zero attached hydrogens (tertiary/aromatic N) is 2. The van der Waals surface area contributed by atoms with Crippen molar-refractivity contribution in [1.82, 2.24) is 9.97 Å². The number of pyridine rings is 1. The summed E-state index contributed by atoms with van der Waals surface area (Å²) < 4.78 is 36.2. The van der Waals surface area contributed by atoms with Gasteiger partial charge in [-0.2, -0.15) is 4.98 Å². The van der Waals surface area contributed by atoms with E-state index >= 15 is 0 Å². The Hall–Kier alpha value is -3.18. The lowest BCUT2D eigenvalue weighted by Gasteiger charge is -2.14. The zero-order chi connectivity index (χ0) is 23.8. The number of nitrogens with one attached hydrogen (secondary N) is 1. The van der Waals surface area contributed by atoms with Crippen molar-refractivity contribution in [3.8, 4) is 23.1 Å². The number of anilines is 1. The van der Waals surface area contributed by atoms with Crippen LogP contribution in [0.1, 0.15) is 41.9 Å². The van der Waals surface area contributed by atoms with E-state index in [1.807, 2.05) is 13.8 Å². The average molecular weight is 490 g/mol. The van der Waals surface area contributed by atoms with Crippen molar-refractivity contribution in [2.75, 3.05) is 5.32 Å². The minimum absolute atomic E-state index is 0.0244. The van der Waals surface area contributed by atoms with Gasteiger partial charge in [0, 0.05) is 11.6 Å². The topological polar surface area (TPSA) is 128 Å². The minimum atomic E-state index is -3.39. The molecule has 0 unspecified atom stereocenters. The molecule has 174 valence electrons. The van der Waals surface area contributed by atoms with Crippen molar-refractivity contribution < 1.29 is 27.8 Å². The molecule has 2 N–H and O–H groups in total. The number of hydrogen-bond donors (Lipinski definition) is 2. The van der Waals surface area contributed by atoms with E-state index in [1.165, 1.54) is 24.4 Å². The highest BCUT2D eigenvalue weighted by atomic mass is 32.2. The first-order valence-electron chi connectivity index (χ1n) is 10.3. The van der Waals surface area contributed by atoms with Crippen LogP contribution in [0.4, 0.5) is 5.13 Å². The summed E-state index contributed by atoms with van der Waals surface area (Å²) in [6.45, 7) is 5.41. The quantitative estimate of drug-likeness (QED) is 0.479.